The van der Waals surface area contributed by atoms with Crippen LogP contribution in [0, 0.1) is 0 Å². The van der Waals surface area contributed by atoms with E-state index in [1.165, 1.54) is 5.57 Å². The molecule has 3 rings (SSSR count). The molecule has 2 aromatic rings. The Morgan fingerprint density at radius 2 is 2.33 bits per heavy atom. The Labute approximate surface area is 107 Å². The van der Waals surface area contributed by atoms with E-state index >= 15 is 0 Å². The van der Waals surface area contributed by atoms with Gasteiger partial charge in [-0.3, -0.25) is 4.90 Å². The number of nitrogens with zero attached hydrogens (tertiary/aromatic N) is 2. The number of hydrogen-bond donors (Lipinski definition) is 2. The minimum absolute atomic E-state index is 0.772. The summed E-state index contributed by atoms with van der Waals surface area (Å²) in [7, 11) is 0. The van der Waals surface area contributed by atoms with Crippen molar-refractivity contribution in [1.29, 1.82) is 0 Å². The molecule has 1 aromatic carbocycles. The van der Waals surface area contributed by atoms with E-state index < -0.39 is 0 Å². The standard InChI is InChI=1S/C14H18N4/c1-10-4-6-18(7-5-10)9-14-16-12-3-2-11(15)8-13(12)17-14/h2-4,8H,5-7,9,15H2,1H3,(H,16,17). The molecule has 0 aliphatic carbocycles. The van der Waals surface area contributed by atoms with E-state index in [1.807, 2.05) is 18.2 Å². The van der Waals surface area contributed by atoms with Gasteiger partial charge in [0, 0.05) is 18.8 Å². The summed E-state index contributed by atoms with van der Waals surface area (Å²) in [6.07, 6.45) is 3.46. The maximum atomic E-state index is 5.77. The molecule has 4 nitrogen and oxygen atoms in total. The summed E-state index contributed by atoms with van der Waals surface area (Å²) in [5, 5.41) is 0. The van der Waals surface area contributed by atoms with Crippen LogP contribution >= 0.6 is 0 Å². The third-order valence-corrected chi connectivity index (χ3v) is 3.45. The van der Waals surface area contributed by atoms with Crippen molar-refractivity contribution in [2.24, 2.45) is 0 Å². The van der Waals surface area contributed by atoms with Crippen LogP contribution < -0.4 is 5.73 Å². The first kappa shape index (κ1) is 11.3. The lowest BCUT2D eigenvalue weighted by Gasteiger charge is -2.23. The highest BCUT2D eigenvalue weighted by molar-refractivity contribution is 5.78. The van der Waals surface area contributed by atoms with Crippen LogP contribution in [0.1, 0.15) is 19.2 Å². The van der Waals surface area contributed by atoms with Crippen LogP contribution in [-0.4, -0.2) is 28.0 Å². The predicted octanol–water partition coefficient (Wildman–Crippen LogP) is 2.30. The molecule has 3 N–H and O–H groups in total. The minimum Gasteiger partial charge on any atom is -0.399 e. The van der Waals surface area contributed by atoms with Crippen LogP contribution in [0.15, 0.2) is 29.8 Å². The second-order valence-electron chi connectivity index (χ2n) is 5.00. The first-order chi connectivity index (χ1) is 8.70. The van der Waals surface area contributed by atoms with Crippen LogP contribution in [0.2, 0.25) is 0 Å². The van der Waals surface area contributed by atoms with Crippen LogP contribution in [-0.2, 0) is 6.54 Å². The largest absolute Gasteiger partial charge is 0.399 e. The van der Waals surface area contributed by atoms with Gasteiger partial charge in [-0.15, -0.1) is 0 Å². The summed E-state index contributed by atoms with van der Waals surface area (Å²) in [5.74, 6) is 1.02. The van der Waals surface area contributed by atoms with Crippen molar-refractivity contribution in [3.05, 3.63) is 35.7 Å². The topological polar surface area (TPSA) is 57.9 Å². The van der Waals surface area contributed by atoms with E-state index in [9.17, 15) is 0 Å². The number of hydrogen-bond acceptors (Lipinski definition) is 3. The molecular formula is C14H18N4. The van der Waals surface area contributed by atoms with Gasteiger partial charge in [0.25, 0.3) is 0 Å². The number of fused-ring (bicyclic) bond motifs is 1. The van der Waals surface area contributed by atoms with Crippen LogP contribution in [0.4, 0.5) is 5.69 Å². The number of nitrogens with two attached hydrogens (primary N) is 1. The van der Waals surface area contributed by atoms with Gasteiger partial charge < -0.3 is 10.7 Å². The zero-order chi connectivity index (χ0) is 12.5. The van der Waals surface area contributed by atoms with Crippen molar-refractivity contribution < 1.29 is 0 Å². The van der Waals surface area contributed by atoms with Crippen molar-refractivity contribution in [1.82, 2.24) is 14.9 Å². The number of H-pyrrole nitrogens is 1. The van der Waals surface area contributed by atoms with Crippen LogP contribution in [0.25, 0.3) is 11.0 Å². The Morgan fingerprint density at radius 3 is 3.11 bits per heavy atom. The quantitative estimate of drug-likeness (QED) is 0.627. The number of anilines is 1. The van der Waals surface area contributed by atoms with Gasteiger partial charge >= 0.3 is 0 Å². The molecule has 18 heavy (non-hydrogen) atoms. The highest BCUT2D eigenvalue weighted by Gasteiger charge is 2.12. The molecule has 1 aliphatic heterocycles. The highest BCUT2D eigenvalue weighted by Crippen LogP contribution is 2.17. The molecular weight excluding hydrogens is 224 g/mol. The lowest BCUT2D eigenvalue weighted by molar-refractivity contribution is 0.280. The number of imidazole rings is 1. The molecule has 0 bridgehead atoms. The molecule has 1 aliphatic rings. The lowest BCUT2D eigenvalue weighted by atomic mass is 10.1. The maximum absolute atomic E-state index is 5.77. The fourth-order valence-corrected chi connectivity index (χ4v) is 2.32. The third kappa shape index (κ3) is 2.24. The molecule has 4 heteroatoms. The van der Waals surface area contributed by atoms with Gasteiger partial charge in [-0.25, -0.2) is 4.98 Å². The fraction of sp³-hybridized carbons (Fsp3) is 0.357. The second kappa shape index (κ2) is 4.46. The van der Waals surface area contributed by atoms with Crippen molar-refractivity contribution in [2.45, 2.75) is 19.9 Å². The van der Waals surface area contributed by atoms with E-state index in [4.69, 9.17) is 5.73 Å². The summed E-state index contributed by atoms with van der Waals surface area (Å²) in [5.41, 5.74) is 10.0. The van der Waals surface area contributed by atoms with Gasteiger partial charge in [-0.1, -0.05) is 11.6 Å². The second-order valence-corrected chi connectivity index (χ2v) is 5.00. The average molecular weight is 242 g/mol. The Balaban J connectivity index is 1.79. The molecule has 2 heterocycles. The molecule has 0 saturated heterocycles. The van der Waals surface area contributed by atoms with Gasteiger partial charge in [0.2, 0.25) is 0 Å². The van der Waals surface area contributed by atoms with Crippen molar-refractivity contribution >= 4 is 16.7 Å². The van der Waals surface area contributed by atoms with Crippen LogP contribution in [0.3, 0.4) is 0 Å². The van der Waals surface area contributed by atoms with E-state index in [0.29, 0.717) is 0 Å². The van der Waals surface area contributed by atoms with Crippen molar-refractivity contribution in [2.75, 3.05) is 18.8 Å². The summed E-state index contributed by atoms with van der Waals surface area (Å²) < 4.78 is 0. The Hall–Kier alpha value is -1.81. The molecule has 0 spiro atoms. The Morgan fingerprint density at radius 1 is 1.44 bits per heavy atom. The zero-order valence-corrected chi connectivity index (χ0v) is 10.6. The minimum atomic E-state index is 0.772. The summed E-state index contributed by atoms with van der Waals surface area (Å²) in [6, 6.07) is 5.79. The highest BCUT2D eigenvalue weighted by atomic mass is 15.1. The molecule has 1 aromatic heterocycles. The monoisotopic (exact) mass is 242 g/mol. The Kier molecular flexibility index (Phi) is 2.80. The molecule has 0 atom stereocenters. The summed E-state index contributed by atoms with van der Waals surface area (Å²) in [4.78, 5) is 10.3. The Bertz CT molecular complexity index is 597. The number of aromatic nitrogens is 2. The van der Waals surface area contributed by atoms with E-state index in [2.05, 4.69) is 27.9 Å². The van der Waals surface area contributed by atoms with E-state index in [-0.39, 0.29) is 0 Å². The lowest BCUT2D eigenvalue weighted by Crippen LogP contribution is -2.28. The normalized spacial score (nSPS) is 17.1. The summed E-state index contributed by atoms with van der Waals surface area (Å²) in [6.45, 7) is 5.20. The van der Waals surface area contributed by atoms with Gasteiger partial charge in [0.05, 0.1) is 17.6 Å². The number of benzene rings is 1. The molecule has 0 radical (unpaired) electrons. The van der Waals surface area contributed by atoms with Gasteiger partial charge in [0.15, 0.2) is 0 Å². The predicted molar refractivity (Wildman–Crippen MR) is 74.2 cm³/mol. The average Bonchev–Trinajstić information content (AvgIpc) is 2.73. The third-order valence-electron chi connectivity index (χ3n) is 3.45. The number of nitrogen functional groups attached to an aromatic ring is 1. The SMILES string of the molecule is CC1=CCN(Cc2nc3ccc(N)cc3[nH]2)CC1. The first-order valence-corrected chi connectivity index (χ1v) is 6.33. The van der Waals surface area contributed by atoms with E-state index in [1.54, 1.807) is 0 Å². The molecule has 0 unspecified atom stereocenters. The maximum Gasteiger partial charge on any atom is 0.121 e. The van der Waals surface area contributed by atoms with Gasteiger partial charge in [-0.05, 0) is 31.5 Å². The zero-order valence-electron chi connectivity index (χ0n) is 10.6. The number of rotatable bonds is 2. The molecule has 94 valence electrons. The van der Waals surface area contributed by atoms with Crippen LogP contribution in [0.5, 0.6) is 0 Å². The number of nitrogens with one attached hydrogen (secondary N) is 1. The number of aromatic amines is 1. The fourth-order valence-electron chi connectivity index (χ4n) is 2.32. The van der Waals surface area contributed by atoms with Gasteiger partial charge in [0.1, 0.15) is 5.82 Å². The van der Waals surface area contributed by atoms with E-state index in [0.717, 1.165) is 48.6 Å². The molecule has 0 amide bonds. The van der Waals surface area contributed by atoms with Gasteiger partial charge in [-0.2, -0.15) is 0 Å². The molecule has 0 fully saturated rings. The van der Waals surface area contributed by atoms with Crippen molar-refractivity contribution in [3.8, 4) is 0 Å². The molecule has 0 saturated carbocycles. The summed E-state index contributed by atoms with van der Waals surface area (Å²) >= 11 is 0. The van der Waals surface area contributed by atoms with Crippen molar-refractivity contribution in [3.63, 3.8) is 0 Å². The smallest absolute Gasteiger partial charge is 0.121 e. The first-order valence-electron chi connectivity index (χ1n) is 6.33.